The van der Waals surface area contributed by atoms with Gasteiger partial charge >= 0.3 is 0 Å². The first-order chi connectivity index (χ1) is 12.5. The Morgan fingerprint density at radius 3 is 2.62 bits per heavy atom. The van der Waals surface area contributed by atoms with Crippen molar-refractivity contribution >= 4 is 17.7 Å². The van der Waals surface area contributed by atoms with Crippen LogP contribution in [0.25, 0.3) is 0 Å². The van der Waals surface area contributed by atoms with Crippen LogP contribution >= 0.6 is 0 Å². The molecule has 1 aliphatic rings. The molecule has 6 nitrogen and oxygen atoms in total. The Kier molecular flexibility index (Phi) is 7.63. The molecule has 6 heteroatoms. The molecule has 1 aromatic rings. The van der Waals surface area contributed by atoms with Crippen LogP contribution in [0.15, 0.2) is 30.3 Å². The van der Waals surface area contributed by atoms with Gasteiger partial charge in [0.2, 0.25) is 17.7 Å². The minimum atomic E-state index is -0.0829. The van der Waals surface area contributed by atoms with E-state index in [2.05, 4.69) is 12.2 Å². The quantitative estimate of drug-likeness (QED) is 0.757. The van der Waals surface area contributed by atoms with Gasteiger partial charge in [0.1, 0.15) is 0 Å². The molecule has 0 saturated carbocycles. The number of benzene rings is 1. The average Bonchev–Trinajstić information content (AvgIpc) is 2.79. The summed E-state index contributed by atoms with van der Waals surface area (Å²) in [6, 6.07) is 10.00. The van der Waals surface area contributed by atoms with Gasteiger partial charge in [-0.2, -0.15) is 0 Å². The van der Waals surface area contributed by atoms with Gasteiger partial charge in [0.05, 0.1) is 0 Å². The fourth-order valence-corrected chi connectivity index (χ4v) is 3.26. The Hall–Kier alpha value is -2.37. The summed E-state index contributed by atoms with van der Waals surface area (Å²) in [5.74, 6) is 0.0813. The minimum Gasteiger partial charge on any atom is -0.356 e. The number of hydrogen-bond acceptors (Lipinski definition) is 3. The Bertz CT molecular complexity index is 618. The number of amides is 3. The molecule has 0 aliphatic carbocycles. The Labute approximate surface area is 155 Å². The molecule has 1 aromatic carbocycles. The molecule has 3 amide bonds. The third-order valence-corrected chi connectivity index (χ3v) is 4.75. The van der Waals surface area contributed by atoms with Gasteiger partial charge < -0.3 is 15.1 Å². The van der Waals surface area contributed by atoms with Crippen LogP contribution in [-0.2, 0) is 20.9 Å². The standard InChI is InChI=1S/C20H29N3O3/c1-3-18-15-22(19(25)10-7-12-21-16(2)24)13-11-20(26)23(18)14-17-8-5-4-6-9-17/h4-6,8-9,18H,3,7,10-15H2,1-2H3,(H,21,24). The van der Waals surface area contributed by atoms with E-state index in [9.17, 15) is 14.4 Å². The van der Waals surface area contributed by atoms with Crippen LogP contribution in [-0.4, -0.2) is 53.2 Å². The van der Waals surface area contributed by atoms with Crippen molar-refractivity contribution in [3.63, 3.8) is 0 Å². The molecule has 1 aliphatic heterocycles. The van der Waals surface area contributed by atoms with Crippen molar-refractivity contribution in [1.82, 2.24) is 15.1 Å². The second-order valence-corrected chi connectivity index (χ2v) is 6.75. The number of nitrogens with one attached hydrogen (secondary N) is 1. The van der Waals surface area contributed by atoms with Gasteiger partial charge in [0, 0.05) is 52.0 Å². The van der Waals surface area contributed by atoms with Crippen molar-refractivity contribution < 1.29 is 14.4 Å². The van der Waals surface area contributed by atoms with E-state index in [4.69, 9.17) is 0 Å². The first-order valence-electron chi connectivity index (χ1n) is 9.36. The van der Waals surface area contributed by atoms with Crippen LogP contribution in [0.2, 0.25) is 0 Å². The SMILES string of the molecule is CCC1CN(C(=O)CCCNC(C)=O)CCC(=O)N1Cc1ccccc1. The molecular weight excluding hydrogens is 330 g/mol. The fourth-order valence-electron chi connectivity index (χ4n) is 3.26. The molecule has 1 fully saturated rings. The number of carbonyl (C=O) groups excluding carboxylic acids is 3. The number of hydrogen-bond donors (Lipinski definition) is 1. The van der Waals surface area contributed by atoms with E-state index in [0.29, 0.717) is 45.4 Å². The second-order valence-electron chi connectivity index (χ2n) is 6.75. The van der Waals surface area contributed by atoms with Crippen LogP contribution in [0, 0.1) is 0 Å². The van der Waals surface area contributed by atoms with Crippen LogP contribution < -0.4 is 5.32 Å². The molecule has 1 saturated heterocycles. The van der Waals surface area contributed by atoms with Gasteiger partial charge in [0.15, 0.2) is 0 Å². The largest absolute Gasteiger partial charge is 0.356 e. The maximum atomic E-state index is 12.6. The van der Waals surface area contributed by atoms with Crippen molar-refractivity contribution in [2.45, 2.75) is 52.1 Å². The molecule has 0 aromatic heterocycles. The fraction of sp³-hybridized carbons (Fsp3) is 0.550. The summed E-state index contributed by atoms with van der Waals surface area (Å²) < 4.78 is 0. The van der Waals surface area contributed by atoms with E-state index < -0.39 is 0 Å². The van der Waals surface area contributed by atoms with Crippen LogP contribution in [0.4, 0.5) is 0 Å². The molecule has 1 heterocycles. The van der Waals surface area contributed by atoms with E-state index in [1.165, 1.54) is 6.92 Å². The lowest BCUT2D eigenvalue weighted by atomic mass is 10.1. The molecule has 1 unspecified atom stereocenters. The lowest BCUT2D eigenvalue weighted by Crippen LogP contribution is -2.43. The highest BCUT2D eigenvalue weighted by Gasteiger charge is 2.30. The van der Waals surface area contributed by atoms with Gasteiger partial charge in [0.25, 0.3) is 0 Å². The molecule has 1 atom stereocenters. The maximum absolute atomic E-state index is 12.6. The molecular formula is C20H29N3O3. The highest BCUT2D eigenvalue weighted by atomic mass is 16.2. The Morgan fingerprint density at radius 1 is 1.23 bits per heavy atom. The van der Waals surface area contributed by atoms with Gasteiger partial charge in [-0.3, -0.25) is 14.4 Å². The zero-order valence-corrected chi connectivity index (χ0v) is 15.7. The summed E-state index contributed by atoms with van der Waals surface area (Å²) >= 11 is 0. The summed E-state index contributed by atoms with van der Waals surface area (Å²) in [6.45, 7) is 5.66. The number of nitrogens with zero attached hydrogens (tertiary/aromatic N) is 2. The van der Waals surface area contributed by atoms with Crippen molar-refractivity contribution in [3.8, 4) is 0 Å². The van der Waals surface area contributed by atoms with Crippen molar-refractivity contribution in [1.29, 1.82) is 0 Å². The number of carbonyl (C=O) groups is 3. The maximum Gasteiger partial charge on any atom is 0.224 e. The van der Waals surface area contributed by atoms with Crippen molar-refractivity contribution in [2.75, 3.05) is 19.6 Å². The summed E-state index contributed by atoms with van der Waals surface area (Å²) in [7, 11) is 0. The summed E-state index contributed by atoms with van der Waals surface area (Å²) in [5, 5.41) is 2.71. The first-order valence-corrected chi connectivity index (χ1v) is 9.36. The van der Waals surface area contributed by atoms with Gasteiger partial charge in [-0.1, -0.05) is 37.3 Å². The second kappa shape index (κ2) is 9.94. The lowest BCUT2D eigenvalue weighted by molar-refractivity contribution is -0.133. The molecule has 0 bridgehead atoms. The third kappa shape index (κ3) is 5.86. The predicted octanol–water partition coefficient (Wildman–Crippen LogP) is 1.94. The normalized spacial score (nSPS) is 17.8. The number of rotatable bonds is 7. The minimum absolute atomic E-state index is 0.0319. The van der Waals surface area contributed by atoms with E-state index in [1.807, 2.05) is 40.1 Å². The summed E-state index contributed by atoms with van der Waals surface area (Å²) in [4.78, 5) is 39.8. The topological polar surface area (TPSA) is 69.7 Å². The van der Waals surface area contributed by atoms with Gasteiger partial charge in [-0.05, 0) is 18.4 Å². The highest BCUT2D eigenvalue weighted by molar-refractivity contribution is 5.80. The van der Waals surface area contributed by atoms with E-state index in [-0.39, 0.29) is 23.8 Å². The summed E-state index contributed by atoms with van der Waals surface area (Å²) in [5.41, 5.74) is 1.11. The lowest BCUT2D eigenvalue weighted by Gasteiger charge is -2.31. The van der Waals surface area contributed by atoms with Crippen molar-refractivity contribution in [2.24, 2.45) is 0 Å². The van der Waals surface area contributed by atoms with E-state index >= 15 is 0 Å². The Balaban J connectivity index is 1.96. The average molecular weight is 359 g/mol. The van der Waals surface area contributed by atoms with Gasteiger partial charge in [-0.15, -0.1) is 0 Å². The van der Waals surface area contributed by atoms with Crippen LogP contribution in [0.5, 0.6) is 0 Å². The highest BCUT2D eigenvalue weighted by Crippen LogP contribution is 2.18. The first kappa shape index (κ1) is 19.9. The molecule has 26 heavy (non-hydrogen) atoms. The molecule has 2 rings (SSSR count). The monoisotopic (exact) mass is 359 g/mol. The predicted molar refractivity (Wildman–Crippen MR) is 100 cm³/mol. The molecule has 0 radical (unpaired) electrons. The Morgan fingerprint density at radius 2 is 1.96 bits per heavy atom. The molecule has 0 spiro atoms. The van der Waals surface area contributed by atoms with Gasteiger partial charge in [-0.25, -0.2) is 0 Å². The van der Waals surface area contributed by atoms with Crippen molar-refractivity contribution in [3.05, 3.63) is 35.9 Å². The third-order valence-electron chi connectivity index (χ3n) is 4.75. The zero-order valence-electron chi connectivity index (χ0n) is 15.7. The smallest absolute Gasteiger partial charge is 0.224 e. The molecule has 1 N–H and O–H groups in total. The van der Waals surface area contributed by atoms with Crippen LogP contribution in [0.3, 0.4) is 0 Å². The molecule has 142 valence electrons. The van der Waals surface area contributed by atoms with Crippen LogP contribution in [0.1, 0.15) is 45.1 Å². The summed E-state index contributed by atoms with van der Waals surface area (Å²) in [6.07, 6.45) is 2.19. The van der Waals surface area contributed by atoms with E-state index in [0.717, 1.165) is 12.0 Å². The zero-order chi connectivity index (χ0) is 18.9. The van der Waals surface area contributed by atoms with E-state index in [1.54, 1.807) is 0 Å².